The van der Waals surface area contributed by atoms with Crippen molar-refractivity contribution in [3.63, 3.8) is 0 Å². The molecule has 6 heteroatoms. The Balaban J connectivity index is 1.91. The van der Waals surface area contributed by atoms with E-state index in [-0.39, 0.29) is 16.8 Å². The van der Waals surface area contributed by atoms with E-state index in [2.05, 4.69) is 14.5 Å². The van der Waals surface area contributed by atoms with E-state index in [0.717, 1.165) is 29.9 Å². The molecule has 128 valence electrons. The molecule has 4 nitrogen and oxygen atoms in total. The molecule has 0 N–H and O–H groups in total. The van der Waals surface area contributed by atoms with Crippen molar-refractivity contribution < 1.29 is 9.18 Å². The van der Waals surface area contributed by atoms with Crippen LogP contribution in [0.1, 0.15) is 49.0 Å². The molecular formula is C19H17ClFN3O. The minimum atomic E-state index is -0.539. The summed E-state index contributed by atoms with van der Waals surface area (Å²) in [6, 6.07) is 6.00. The highest BCUT2D eigenvalue weighted by Gasteiger charge is 2.22. The molecule has 1 saturated carbocycles. The van der Waals surface area contributed by atoms with E-state index < -0.39 is 5.82 Å². The van der Waals surface area contributed by atoms with Gasteiger partial charge < -0.3 is 4.57 Å². The van der Waals surface area contributed by atoms with Gasteiger partial charge in [-0.15, -0.1) is 0 Å². The Morgan fingerprint density at radius 3 is 2.80 bits per heavy atom. The Morgan fingerprint density at radius 1 is 1.32 bits per heavy atom. The maximum atomic E-state index is 14.1. The number of nitrogens with zero attached hydrogens (tertiary/aromatic N) is 3. The number of carbonyl (C=O) groups excluding carboxylic acids is 1. The van der Waals surface area contributed by atoms with Crippen LogP contribution in [0.25, 0.3) is 22.2 Å². The van der Waals surface area contributed by atoms with E-state index in [9.17, 15) is 9.18 Å². The summed E-state index contributed by atoms with van der Waals surface area (Å²) in [5.41, 5.74) is 2.39. The number of carbonyl (C=O) groups is 1. The van der Waals surface area contributed by atoms with Crippen LogP contribution in [-0.4, -0.2) is 20.3 Å². The first-order valence-electron chi connectivity index (χ1n) is 8.38. The fourth-order valence-electron chi connectivity index (χ4n) is 3.72. The van der Waals surface area contributed by atoms with Gasteiger partial charge in [-0.3, -0.25) is 4.79 Å². The van der Waals surface area contributed by atoms with Crippen LogP contribution in [0.15, 0.2) is 30.6 Å². The van der Waals surface area contributed by atoms with Crippen LogP contribution in [0.5, 0.6) is 0 Å². The second-order valence-corrected chi connectivity index (χ2v) is 6.85. The third-order valence-corrected chi connectivity index (χ3v) is 5.10. The van der Waals surface area contributed by atoms with Gasteiger partial charge in [0.05, 0.1) is 6.20 Å². The van der Waals surface area contributed by atoms with E-state index in [1.54, 1.807) is 6.92 Å². The summed E-state index contributed by atoms with van der Waals surface area (Å²) in [4.78, 5) is 19.8. The van der Waals surface area contributed by atoms with E-state index in [1.165, 1.54) is 12.8 Å². The number of aromatic nitrogens is 3. The summed E-state index contributed by atoms with van der Waals surface area (Å²) >= 11 is 5.81. The van der Waals surface area contributed by atoms with Crippen molar-refractivity contribution in [3.8, 4) is 11.3 Å². The summed E-state index contributed by atoms with van der Waals surface area (Å²) in [7, 11) is 0. The van der Waals surface area contributed by atoms with Crippen LogP contribution < -0.4 is 0 Å². The molecule has 0 aliphatic heterocycles. The van der Waals surface area contributed by atoms with Crippen molar-refractivity contribution in [3.05, 3.63) is 47.3 Å². The number of ketones is 1. The second-order valence-electron chi connectivity index (χ2n) is 6.51. The van der Waals surface area contributed by atoms with E-state index in [0.29, 0.717) is 17.2 Å². The largest absolute Gasteiger partial charge is 0.344 e. The van der Waals surface area contributed by atoms with Crippen LogP contribution in [0.3, 0.4) is 0 Å². The number of Topliss-reactive ketones (excluding diaryl/α,β-unsaturated/α-hetero) is 1. The van der Waals surface area contributed by atoms with Gasteiger partial charge in [0.15, 0.2) is 11.6 Å². The van der Waals surface area contributed by atoms with Gasteiger partial charge in [0, 0.05) is 34.3 Å². The average molecular weight is 358 g/mol. The minimum Gasteiger partial charge on any atom is -0.344 e. The lowest BCUT2D eigenvalue weighted by Crippen LogP contribution is -2.02. The van der Waals surface area contributed by atoms with Gasteiger partial charge in [-0.2, -0.15) is 0 Å². The first kappa shape index (κ1) is 16.2. The Bertz CT molecular complexity index is 976. The Kier molecular flexibility index (Phi) is 4.04. The van der Waals surface area contributed by atoms with Gasteiger partial charge in [0.2, 0.25) is 5.28 Å². The van der Waals surface area contributed by atoms with Gasteiger partial charge in [-0.05, 0) is 43.5 Å². The number of benzene rings is 1. The van der Waals surface area contributed by atoms with E-state index >= 15 is 0 Å². The SMILES string of the molecule is CC(=O)c1cn(C2CCCC2)c2ccc(-c3nc(Cl)ncc3F)cc12. The predicted molar refractivity (Wildman–Crippen MR) is 95.4 cm³/mol. The topological polar surface area (TPSA) is 47.8 Å². The molecule has 0 atom stereocenters. The van der Waals surface area contributed by atoms with Crippen molar-refractivity contribution in [2.45, 2.75) is 38.6 Å². The van der Waals surface area contributed by atoms with Crippen molar-refractivity contribution in [2.75, 3.05) is 0 Å². The minimum absolute atomic E-state index is 0.0000822. The van der Waals surface area contributed by atoms with Crippen LogP contribution in [0, 0.1) is 5.82 Å². The fraction of sp³-hybridized carbons (Fsp3) is 0.316. The molecule has 2 heterocycles. The predicted octanol–water partition coefficient (Wildman–Crippen LogP) is 5.21. The first-order chi connectivity index (χ1) is 12.0. The molecule has 2 aromatic heterocycles. The van der Waals surface area contributed by atoms with Gasteiger partial charge in [0.25, 0.3) is 0 Å². The smallest absolute Gasteiger partial charge is 0.223 e. The summed E-state index contributed by atoms with van der Waals surface area (Å²) in [5.74, 6) is -0.538. The molecule has 0 radical (unpaired) electrons. The Hall–Kier alpha value is -2.27. The lowest BCUT2D eigenvalue weighted by Gasteiger charge is -2.13. The lowest BCUT2D eigenvalue weighted by molar-refractivity contribution is 0.101. The molecule has 1 aliphatic rings. The van der Waals surface area contributed by atoms with Gasteiger partial charge in [-0.25, -0.2) is 14.4 Å². The lowest BCUT2D eigenvalue weighted by atomic mass is 10.0. The molecule has 0 amide bonds. The monoisotopic (exact) mass is 357 g/mol. The summed E-state index contributed by atoms with van der Waals surface area (Å²) < 4.78 is 16.3. The molecule has 0 saturated heterocycles. The normalized spacial score (nSPS) is 15.2. The number of halogens is 2. The fourth-order valence-corrected chi connectivity index (χ4v) is 3.85. The molecule has 1 aromatic carbocycles. The van der Waals surface area contributed by atoms with Crippen molar-refractivity contribution in [1.82, 2.24) is 14.5 Å². The average Bonchev–Trinajstić information content (AvgIpc) is 3.23. The maximum Gasteiger partial charge on any atom is 0.223 e. The quantitative estimate of drug-likeness (QED) is 0.477. The van der Waals surface area contributed by atoms with E-state index in [1.807, 2.05) is 24.4 Å². The zero-order valence-corrected chi connectivity index (χ0v) is 14.6. The van der Waals surface area contributed by atoms with Crippen LogP contribution in [-0.2, 0) is 0 Å². The molecule has 25 heavy (non-hydrogen) atoms. The zero-order chi connectivity index (χ0) is 17.6. The number of rotatable bonds is 3. The maximum absolute atomic E-state index is 14.1. The summed E-state index contributed by atoms with van der Waals surface area (Å²) in [5, 5.41) is 0.817. The Morgan fingerprint density at radius 2 is 2.08 bits per heavy atom. The number of fused-ring (bicyclic) bond motifs is 1. The molecule has 4 rings (SSSR count). The number of hydrogen-bond donors (Lipinski definition) is 0. The Labute approximate surface area is 149 Å². The number of hydrogen-bond acceptors (Lipinski definition) is 3. The highest BCUT2D eigenvalue weighted by atomic mass is 35.5. The molecule has 0 bridgehead atoms. The van der Waals surface area contributed by atoms with Gasteiger partial charge in [0.1, 0.15) is 5.69 Å². The molecule has 1 aliphatic carbocycles. The zero-order valence-electron chi connectivity index (χ0n) is 13.8. The molecule has 3 aromatic rings. The highest BCUT2D eigenvalue weighted by Crippen LogP contribution is 2.36. The van der Waals surface area contributed by atoms with Gasteiger partial charge >= 0.3 is 0 Å². The van der Waals surface area contributed by atoms with Crippen LogP contribution in [0.4, 0.5) is 4.39 Å². The first-order valence-corrected chi connectivity index (χ1v) is 8.76. The van der Waals surface area contributed by atoms with Crippen molar-refractivity contribution >= 4 is 28.3 Å². The summed E-state index contributed by atoms with van der Waals surface area (Å²) in [6.45, 7) is 1.56. The third-order valence-electron chi connectivity index (χ3n) is 4.92. The second kappa shape index (κ2) is 6.23. The molecule has 0 unspecified atom stereocenters. The third kappa shape index (κ3) is 2.82. The highest BCUT2D eigenvalue weighted by molar-refractivity contribution is 6.28. The van der Waals surface area contributed by atoms with Crippen LogP contribution in [0.2, 0.25) is 5.28 Å². The van der Waals surface area contributed by atoms with Crippen molar-refractivity contribution in [2.24, 2.45) is 0 Å². The standard InChI is InChI=1S/C19H17ClFN3O/c1-11(25)15-10-24(13-4-2-3-5-13)17-7-6-12(8-14(15)17)18-16(21)9-22-19(20)23-18/h6-10,13H,2-5H2,1H3. The van der Waals surface area contributed by atoms with E-state index in [4.69, 9.17) is 11.6 Å². The van der Waals surface area contributed by atoms with Crippen molar-refractivity contribution in [1.29, 1.82) is 0 Å². The van der Waals surface area contributed by atoms with Gasteiger partial charge in [-0.1, -0.05) is 18.9 Å². The molecule has 1 fully saturated rings. The summed E-state index contributed by atoms with van der Waals surface area (Å²) in [6.07, 6.45) is 7.67. The van der Waals surface area contributed by atoms with Crippen LogP contribution >= 0.6 is 11.6 Å². The molecular weight excluding hydrogens is 341 g/mol. The molecule has 0 spiro atoms.